The lowest BCUT2D eigenvalue weighted by Crippen LogP contribution is -2.05. The predicted molar refractivity (Wildman–Crippen MR) is 42.4 cm³/mol. The third-order valence-corrected chi connectivity index (χ3v) is 1.29. The van der Waals surface area contributed by atoms with Gasteiger partial charge in [-0.25, -0.2) is 4.79 Å². The standard InChI is InChI=1S/C7H11ClO3/c1-2-3-4-11-7(10)6(8)5-9/h5,9H,2-4H2,1H3. The largest absolute Gasteiger partial charge is 0.514 e. The van der Waals surface area contributed by atoms with Gasteiger partial charge in [-0.1, -0.05) is 24.9 Å². The molecule has 0 saturated heterocycles. The number of ether oxygens (including phenoxy) is 1. The molecule has 0 heterocycles. The van der Waals surface area contributed by atoms with Crippen LogP contribution >= 0.6 is 11.6 Å². The van der Waals surface area contributed by atoms with Crippen molar-refractivity contribution in [3.63, 3.8) is 0 Å². The van der Waals surface area contributed by atoms with Crippen LogP contribution in [0.15, 0.2) is 11.3 Å². The Balaban J connectivity index is 3.53. The van der Waals surface area contributed by atoms with Gasteiger partial charge >= 0.3 is 5.97 Å². The number of carbonyl (C=O) groups is 1. The summed E-state index contributed by atoms with van der Waals surface area (Å²) in [6.07, 6.45) is 2.28. The quantitative estimate of drug-likeness (QED) is 0.310. The van der Waals surface area contributed by atoms with E-state index in [4.69, 9.17) is 16.7 Å². The molecule has 0 amide bonds. The first-order valence-corrected chi connectivity index (χ1v) is 3.77. The molecule has 0 radical (unpaired) electrons. The second-order valence-corrected chi connectivity index (χ2v) is 2.37. The molecule has 0 aromatic heterocycles. The fraction of sp³-hybridized carbons (Fsp3) is 0.571. The van der Waals surface area contributed by atoms with Crippen molar-refractivity contribution in [1.82, 2.24) is 0 Å². The first-order valence-electron chi connectivity index (χ1n) is 3.39. The van der Waals surface area contributed by atoms with Crippen molar-refractivity contribution in [2.75, 3.05) is 6.61 Å². The fourth-order valence-electron chi connectivity index (χ4n) is 0.431. The van der Waals surface area contributed by atoms with E-state index in [2.05, 4.69) is 4.74 Å². The summed E-state index contributed by atoms with van der Waals surface area (Å²) in [6.45, 7) is 2.33. The molecule has 0 aromatic rings. The molecule has 1 N–H and O–H groups in total. The Kier molecular flexibility index (Phi) is 5.65. The summed E-state index contributed by atoms with van der Waals surface area (Å²) in [7, 11) is 0. The number of carbonyl (C=O) groups excluding carboxylic acids is 1. The van der Waals surface area contributed by atoms with E-state index >= 15 is 0 Å². The number of aliphatic hydroxyl groups is 1. The monoisotopic (exact) mass is 178 g/mol. The summed E-state index contributed by atoms with van der Waals surface area (Å²) in [5, 5.41) is 7.98. The Labute approximate surface area is 70.6 Å². The molecule has 0 atom stereocenters. The first-order chi connectivity index (χ1) is 5.22. The molecular weight excluding hydrogens is 168 g/mol. The van der Waals surface area contributed by atoms with Crippen LogP contribution < -0.4 is 0 Å². The van der Waals surface area contributed by atoms with Crippen LogP contribution in [0.4, 0.5) is 0 Å². The first kappa shape index (κ1) is 10.3. The smallest absolute Gasteiger partial charge is 0.352 e. The lowest BCUT2D eigenvalue weighted by atomic mass is 10.4. The van der Waals surface area contributed by atoms with Gasteiger partial charge in [-0.05, 0) is 6.42 Å². The Morgan fingerprint density at radius 1 is 1.73 bits per heavy atom. The molecule has 0 aromatic carbocycles. The van der Waals surface area contributed by atoms with E-state index in [-0.39, 0.29) is 5.03 Å². The van der Waals surface area contributed by atoms with E-state index in [9.17, 15) is 4.79 Å². The molecule has 0 aliphatic rings. The number of unbranched alkanes of at least 4 members (excludes halogenated alkanes) is 1. The molecule has 0 spiro atoms. The molecule has 0 bridgehead atoms. The average molecular weight is 179 g/mol. The lowest BCUT2D eigenvalue weighted by Gasteiger charge is -2.00. The van der Waals surface area contributed by atoms with Crippen LogP contribution in [0.5, 0.6) is 0 Å². The number of hydrogen-bond acceptors (Lipinski definition) is 3. The van der Waals surface area contributed by atoms with E-state index in [1.54, 1.807) is 0 Å². The van der Waals surface area contributed by atoms with Gasteiger partial charge in [0.25, 0.3) is 0 Å². The Morgan fingerprint density at radius 3 is 2.82 bits per heavy atom. The fourth-order valence-corrected chi connectivity index (χ4v) is 0.485. The second-order valence-electron chi connectivity index (χ2n) is 1.97. The van der Waals surface area contributed by atoms with Crippen LogP contribution in [0.2, 0.25) is 0 Å². The highest BCUT2D eigenvalue weighted by Crippen LogP contribution is 2.02. The van der Waals surface area contributed by atoms with E-state index < -0.39 is 5.97 Å². The highest BCUT2D eigenvalue weighted by Gasteiger charge is 2.06. The maximum absolute atomic E-state index is 10.7. The minimum absolute atomic E-state index is 0.291. The molecule has 4 heteroatoms. The number of aliphatic hydroxyl groups excluding tert-OH is 1. The molecule has 0 saturated carbocycles. The van der Waals surface area contributed by atoms with Gasteiger partial charge in [0, 0.05) is 0 Å². The van der Waals surface area contributed by atoms with Crippen LogP contribution in [-0.4, -0.2) is 17.7 Å². The van der Waals surface area contributed by atoms with Crippen molar-refractivity contribution in [3.8, 4) is 0 Å². The van der Waals surface area contributed by atoms with Gasteiger partial charge < -0.3 is 9.84 Å². The third-order valence-electron chi connectivity index (χ3n) is 1.04. The number of hydrogen-bond donors (Lipinski definition) is 1. The molecule has 0 aliphatic heterocycles. The third kappa shape index (κ3) is 4.67. The number of halogens is 1. The minimum atomic E-state index is -0.678. The Morgan fingerprint density at radius 2 is 2.36 bits per heavy atom. The summed E-state index contributed by atoms with van der Waals surface area (Å²) in [5.74, 6) is -0.678. The van der Waals surface area contributed by atoms with Gasteiger partial charge in [-0.3, -0.25) is 0 Å². The van der Waals surface area contributed by atoms with Crippen molar-refractivity contribution >= 4 is 17.6 Å². The van der Waals surface area contributed by atoms with E-state index in [1.165, 1.54) is 0 Å². The van der Waals surface area contributed by atoms with Gasteiger partial charge in [0.05, 0.1) is 6.61 Å². The second kappa shape index (κ2) is 6.04. The zero-order chi connectivity index (χ0) is 8.69. The van der Waals surface area contributed by atoms with Crippen molar-refractivity contribution < 1.29 is 14.6 Å². The SMILES string of the molecule is CCCCOC(=O)C(Cl)=CO. The minimum Gasteiger partial charge on any atom is -0.514 e. The van der Waals surface area contributed by atoms with Gasteiger partial charge in [0.2, 0.25) is 0 Å². The van der Waals surface area contributed by atoms with E-state index in [0.29, 0.717) is 12.9 Å². The predicted octanol–water partition coefficient (Wildman–Crippen LogP) is 1.97. The average Bonchev–Trinajstić information content (AvgIpc) is 2.03. The topological polar surface area (TPSA) is 46.5 Å². The molecule has 0 rings (SSSR count). The molecule has 0 unspecified atom stereocenters. The number of rotatable bonds is 4. The van der Waals surface area contributed by atoms with Crippen LogP contribution in [0, 0.1) is 0 Å². The summed E-state index contributed by atoms with van der Waals surface area (Å²) < 4.78 is 4.64. The Bertz CT molecular complexity index is 154. The van der Waals surface area contributed by atoms with Crippen LogP contribution in [0.3, 0.4) is 0 Å². The highest BCUT2D eigenvalue weighted by atomic mass is 35.5. The van der Waals surface area contributed by atoms with Gasteiger partial charge in [0.1, 0.15) is 6.26 Å². The molecule has 64 valence electrons. The van der Waals surface area contributed by atoms with Gasteiger partial charge in [-0.15, -0.1) is 0 Å². The zero-order valence-electron chi connectivity index (χ0n) is 6.34. The molecular formula is C7H11ClO3. The number of esters is 1. The van der Waals surface area contributed by atoms with Gasteiger partial charge in [0.15, 0.2) is 5.03 Å². The van der Waals surface area contributed by atoms with E-state index in [1.807, 2.05) is 6.92 Å². The normalized spacial score (nSPS) is 11.3. The van der Waals surface area contributed by atoms with Crippen LogP contribution in [-0.2, 0) is 9.53 Å². The highest BCUT2D eigenvalue weighted by molar-refractivity contribution is 6.41. The van der Waals surface area contributed by atoms with Crippen LogP contribution in [0.25, 0.3) is 0 Å². The summed E-state index contributed by atoms with van der Waals surface area (Å²) >= 11 is 5.23. The molecule has 0 fully saturated rings. The molecule has 0 aliphatic carbocycles. The van der Waals surface area contributed by atoms with Crippen molar-refractivity contribution in [2.24, 2.45) is 0 Å². The zero-order valence-corrected chi connectivity index (χ0v) is 7.10. The lowest BCUT2D eigenvalue weighted by molar-refractivity contribution is -0.138. The maximum Gasteiger partial charge on any atom is 0.352 e. The van der Waals surface area contributed by atoms with Crippen LogP contribution in [0.1, 0.15) is 19.8 Å². The Hall–Kier alpha value is -0.700. The van der Waals surface area contributed by atoms with E-state index in [0.717, 1.165) is 12.8 Å². The summed E-state index contributed by atoms with van der Waals surface area (Å²) in [5.41, 5.74) is 0. The molecule has 3 nitrogen and oxygen atoms in total. The van der Waals surface area contributed by atoms with Gasteiger partial charge in [-0.2, -0.15) is 0 Å². The maximum atomic E-state index is 10.7. The summed E-state index contributed by atoms with van der Waals surface area (Å²) in [6, 6.07) is 0. The molecule has 11 heavy (non-hydrogen) atoms. The summed E-state index contributed by atoms with van der Waals surface area (Å²) in [4.78, 5) is 10.7. The van der Waals surface area contributed by atoms with Crippen molar-refractivity contribution in [3.05, 3.63) is 11.3 Å². The van der Waals surface area contributed by atoms with Crippen molar-refractivity contribution in [2.45, 2.75) is 19.8 Å². The van der Waals surface area contributed by atoms with Crippen molar-refractivity contribution in [1.29, 1.82) is 0 Å².